The van der Waals surface area contributed by atoms with E-state index in [9.17, 15) is 0 Å². The van der Waals surface area contributed by atoms with Crippen LogP contribution < -0.4 is 9.47 Å². The average Bonchev–Trinajstić information content (AvgIpc) is 3.28. The van der Waals surface area contributed by atoms with Crippen LogP contribution in [0.2, 0.25) is 0 Å². The lowest BCUT2D eigenvalue weighted by atomic mass is 9.78. The maximum absolute atomic E-state index is 6.41. The minimum absolute atomic E-state index is 0.0395. The van der Waals surface area contributed by atoms with Crippen molar-refractivity contribution in [2.24, 2.45) is 0 Å². The SMILES string of the molecule is CC(C)Oc1cccc(-c2c(-c3ccc(-c4c(-c5cccc(OC(C)C)c5)c5cc(C(C)(C)C)ccc5c5ccc(C(C)(C)C)cc45)cc3)c3cc(C(C)(C)C)ccc3c3ccc(C(C)(C)C)cc23)c1. The zero-order valence-corrected chi connectivity index (χ0v) is 44.8. The van der Waals surface area contributed by atoms with Gasteiger partial charge in [-0.1, -0.05) is 180 Å². The lowest BCUT2D eigenvalue weighted by Crippen LogP contribution is -2.11. The van der Waals surface area contributed by atoms with Gasteiger partial charge in [-0.3, -0.25) is 0 Å². The molecule has 0 fully saturated rings. The van der Waals surface area contributed by atoms with Gasteiger partial charge in [-0.25, -0.2) is 0 Å². The third-order valence-corrected chi connectivity index (χ3v) is 14.2. The molecule has 0 unspecified atom stereocenters. The predicted molar refractivity (Wildman–Crippen MR) is 305 cm³/mol. The highest BCUT2D eigenvalue weighted by Gasteiger charge is 2.26. The molecule has 0 aliphatic carbocycles. The maximum atomic E-state index is 6.41. The Hall–Kier alpha value is -6.38. The molecule has 2 heteroatoms. The van der Waals surface area contributed by atoms with Gasteiger partial charge < -0.3 is 9.47 Å². The second-order valence-electron chi connectivity index (χ2n) is 24.5. The smallest absolute Gasteiger partial charge is 0.120 e. The summed E-state index contributed by atoms with van der Waals surface area (Å²) in [6.45, 7) is 36.2. The summed E-state index contributed by atoms with van der Waals surface area (Å²) in [5, 5.41) is 10.0. The van der Waals surface area contributed by atoms with Crippen molar-refractivity contribution in [1.29, 1.82) is 0 Å². The highest BCUT2D eigenvalue weighted by Crippen LogP contribution is 2.50. The van der Waals surface area contributed by atoms with Crippen molar-refractivity contribution in [3.63, 3.8) is 0 Å². The number of fused-ring (bicyclic) bond motifs is 6. The Kier molecular flexibility index (Phi) is 12.4. The largest absolute Gasteiger partial charge is 0.491 e. The molecule has 0 N–H and O–H groups in total. The molecule has 0 saturated heterocycles. The fourth-order valence-corrected chi connectivity index (χ4v) is 10.3. The van der Waals surface area contributed by atoms with Crippen LogP contribution in [-0.2, 0) is 21.7 Å². The molecule has 0 radical (unpaired) electrons. The lowest BCUT2D eigenvalue weighted by Gasteiger charge is -2.26. The Morgan fingerprint density at radius 3 is 0.771 bits per heavy atom. The van der Waals surface area contributed by atoms with Crippen molar-refractivity contribution in [2.45, 2.75) is 145 Å². The maximum Gasteiger partial charge on any atom is 0.120 e. The molecule has 2 nitrogen and oxygen atoms in total. The minimum atomic E-state index is -0.0463. The van der Waals surface area contributed by atoms with Crippen molar-refractivity contribution in [3.8, 4) is 56.0 Å². The van der Waals surface area contributed by atoms with Crippen LogP contribution in [0.4, 0.5) is 0 Å². The molecule has 0 spiro atoms. The second-order valence-corrected chi connectivity index (χ2v) is 24.5. The summed E-state index contributed by atoms with van der Waals surface area (Å²) in [6.07, 6.45) is 0.108. The highest BCUT2D eigenvalue weighted by molar-refractivity contribution is 6.24. The van der Waals surface area contributed by atoms with Crippen LogP contribution in [0, 0.1) is 0 Å². The zero-order chi connectivity index (χ0) is 50.2. The Labute approximate surface area is 419 Å². The molecule has 0 saturated carbocycles. The van der Waals surface area contributed by atoms with Crippen LogP contribution in [0.25, 0.3) is 87.6 Å². The van der Waals surface area contributed by atoms with E-state index in [0.717, 1.165) is 22.6 Å². The van der Waals surface area contributed by atoms with E-state index in [1.54, 1.807) is 0 Å². The average molecular weight is 923 g/mol. The lowest BCUT2D eigenvalue weighted by molar-refractivity contribution is 0.242. The third kappa shape index (κ3) is 9.35. The van der Waals surface area contributed by atoms with Gasteiger partial charge in [-0.15, -0.1) is 0 Å². The van der Waals surface area contributed by atoms with Gasteiger partial charge in [0.15, 0.2) is 0 Å². The van der Waals surface area contributed by atoms with Gasteiger partial charge in [0.05, 0.1) is 12.2 Å². The van der Waals surface area contributed by atoms with E-state index in [1.165, 1.54) is 98.7 Å². The van der Waals surface area contributed by atoms with Gasteiger partial charge in [0, 0.05) is 0 Å². The molecule has 70 heavy (non-hydrogen) atoms. The summed E-state index contributed by atoms with van der Waals surface area (Å²) in [7, 11) is 0. The van der Waals surface area contributed by atoms with Crippen molar-refractivity contribution >= 4 is 43.1 Å². The molecule has 0 bridgehead atoms. The van der Waals surface area contributed by atoms with Gasteiger partial charge in [-0.2, -0.15) is 0 Å². The Balaban J connectivity index is 1.41. The quantitative estimate of drug-likeness (QED) is 0.141. The van der Waals surface area contributed by atoms with Gasteiger partial charge in [-0.05, 0) is 208 Å². The van der Waals surface area contributed by atoms with Gasteiger partial charge >= 0.3 is 0 Å². The molecule has 0 aliphatic heterocycles. The molecule has 9 aromatic rings. The first kappa shape index (κ1) is 48.6. The van der Waals surface area contributed by atoms with Gasteiger partial charge in [0.25, 0.3) is 0 Å². The van der Waals surface area contributed by atoms with Crippen LogP contribution >= 0.6 is 0 Å². The predicted octanol–water partition coefficient (Wildman–Crippen LogP) is 19.7. The summed E-state index contributed by atoms with van der Waals surface area (Å²) >= 11 is 0. The summed E-state index contributed by atoms with van der Waals surface area (Å²) < 4.78 is 12.8. The summed E-state index contributed by atoms with van der Waals surface area (Å²) in [6, 6.07) is 55.8. The van der Waals surface area contributed by atoms with Crippen molar-refractivity contribution in [2.75, 3.05) is 0 Å². The van der Waals surface area contributed by atoms with Gasteiger partial charge in [0.1, 0.15) is 11.5 Å². The topological polar surface area (TPSA) is 18.5 Å². The molecule has 358 valence electrons. The Morgan fingerprint density at radius 2 is 0.529 bits per heavy atom. The molecule has 9 rings (SSSR count). The van der Waals surface area contributed by atoms with Crippen molar-refractivity contribution in [1.82, 2.24) is 0 Å². The number of hydrogen-bond donors (Lipinski definition) is 0. The highest BCUT2D eigenvalue weighted by atomic mass is 16.5. The van der Waals surface area contributed by atoms with Crippen LogP contribution in [-0.4, -0.2) is 12.2 Å². The fraction of sp³-hybridized carbons (Fsp3) is 0.324. The molecule has 0 aliphatic rings. The van der Waals surface area contributed by atoms with E-state index in [4.69, 9.17) is 9.47 Å². The van der Waals surface area contributed by atoms with Crippen LogP contribution in [0.1, 0.15) is 133 Å². The minimum Gasteiger partial charge on any atom is -0.491 e. The first-order valence-corrected chi connectivity index (χ1v) is 25.6. The number of hydrogen-bond acceptors (Lipinski definition) is 2. The van der Waals surface area contributed by atoms with E-state index in [0.29, 0.717) is 0 Å². The first-order valence-electron chi connectivity index (χ1n) is 25.6. The number of benzene rings is 9. The van der Waals surface area contributed by atoms with E-state index >= 15 is 0 Å². The van der Waals surface area contributed by atoms with Crippen molar-refractivity contribution in [3.05, 3.63) is 168 Å². The third-order valence-electron chi connectivity index (χ3n) is 14.2. The monoisotopic (exact) mass is 923 g/mol. The van der Waals surface area contributed by atoms with Gasteiger partial charge in [0.2, 0.25) is 0 Å². The van der Waals surface area contributed by atoms with E-state index in [-0.39, 0.29) is 33.9 Å². The van der Waals surface area contributed by atoms with Crippen LogP contribution in [0.3, 0.4) is 0 Å². The molecule has 0 atom stereocenters. The summed E-state index contributed by atoms with van der Waals surface area (Å²) in [5.41, 5.74) is 14.6. The Bertz CT molecular complexity index is 3210. The fourth-order valence-electron chi connectivity index (χ4n) is 10.3. The normalized spacial score (nSPS) is 12.8. The molecule has 9 aromatic carbocycles. The first-order chi connectivity index (χ1) is 32.9. The molecule has 0 heterocycles. The standard InChI is InChI=1S/C68H74O2/c1-41(2)69-51-21-17-19-45(35-51)63-59-39-49(67(11,12)13)29-33-55(59)53-31-27-47(65(5,6)7)37-57(53)61(63)43-23-25-44(26-24-43)62-58-38-48(66(8,9)10)28-32-54(58)56-34-30-50(68(14,15)16)40-60(56)64(62)46-20-18-22-52(36-46)70-42(3)4/h17-42H,1-16H3. The van der Waals surface area contributed by atoms with Crippen LogP contribution in [0.5, 0.6) is 11.5 Å². The van der Waals surface area contributed by atoms with Crippen LogP contribution in [0.15, 0.2) is 146 Å². The molecule has 0 aromatic heterocycles. The molecular formula is C68H74O2. The van der Waals surface area contributed by atoms with E-state index < -0.39 is 0 Å². The zero-order valence-electron chi connectivity index (χ0n) is 44.8. The second kappa shape index (κ2) is 17.8. The van der Waals surface area contributed by atoms with E-state index in [2.05, 4.69) is 256 Å². The summed E-state index contributed by atoms with van der Waals surface area (Å²) in [4.78, 5) is 0. The number of ether oxygens (including phenoxy) is 2. The summed E-state index contributed by atoms with van der Waals surface area (Å²) in [5.74, 6) is 1.75. The van der Waals surface area contributed by atoms with E-state index in [1.807, 2.05) is 0 Å². The molecule has 0 amide bonds. The number of rotatable bonds is 8. The molecular weight excluding hydrogens is 849 g/mol. The van der Waals surface area contributed by atoms with Crippen molar-refractivity contribution < 1.29 is 9.47 Å². The Morgan fingerprint density at radius 1 is 0.271 bits per heavy atom.